The van der Waals surface area contributed by atoms with Gasteiger partial charge in [0.1, 0.15) is 11.0 Å². The van der Waals surface area contributed by atoms with Gasteiger partial charge in [0, 0.05) is 19.1 Å². The zero-order valence-corrected chi connectivity index (χ0v) is 6.94. The van der Waals surface area contributed by atoms with E-state index >= 15 is 0 Å². The van der Waals surface area contributed by atoms with Crippen LogP contribution >= 0.6 is 0 Å². The van der Waals surface area contributed by atoms with Crippen LogP contribution in [0.15, 0.2) is 12.1 Å². The van der Waals surface area contributed by atoms with Crippen LogP contribution in [0.1, 0.15) is 6.92 Å². The normalized spacial score (nSPS) is 15.5. The molecule has 0 aliphatic carbocycles. The minimum Gasteiger partial charge on any atom is -0.451 e. The monoisotopic (exact) mass is 177 g/mol. The Kier molecular flexibility index (Phi) is 1.10. The first-order chi connectivity index (χ1) is 6.33. The molecule has 5 heteroatoms. The van der Waals surface area contributed by atoms with E-state index in [2.05, 4.69) is 15.4 Å². The Balaban J connectivity index is 2.27. The van der Waals surface area contributed by atoms with Crippen molar-refractivity contribution in [3.8, 4) is 11.5 Å². The minimum absolute atomic E-state index is 0.217. The van der Waals surface area contributed by atoms with Crippen LogP contribution in [0.5, 0.6) is 11.5 Å². The van der Waals surface area contributed by atoms with Crippen molar-refractivity contribution in [2.75, 3.05) is 0 Å². The smallest absolute Gasteiger partial charge is 0.238 e. The van der Waals surface area contributed by atoms with Crippen LogP contribution in [0.3, 0.4) is 0 Å². The first kappa shape index (κ1) is 6.71. The van der Waals surface area contributed by atoms with Gasteiger partial charge in [-0.2, -0.15) is 15.4 Å². The van der Waals surface area contributed by atoms with E-state index in [9.17, 15) is 0 Å². The summed E-state index contributed by atoms with van der Waals surface area (Å²) in [5, 5.41) is 10.4. The van der Waals surface area contributed by atoms with Crippen molar-refractivity contribution in [1.29, 1.82) is 0 Å². The third-order valence-electron chi connectivity index (χ3n) is 1.97. The summed E-state index contributed by atoms with van der Waals surface area (Å²) in [4.78, 5) is 0. The Morgan fingerprint density at radius 2 is 1.69 bits per heavy atom. The molecule has 0 radical (unpaired) electrons. The second-order valence-electron chi connectivity index (χ2n) is 2.91. The summed E-state index contributed by atoms with van der Waals surface area (Å²) in [5.74, 6) is 1.46. The molecule has 3 rings (SSSR count). The number of rotatable bonds is 0. The highest BCUT2D eigenvalue weighted by atomic mass is 16.7. The zero-order chi connectivity index (χ0) is 8.84. The van der Waals surface area contributed by atoms with E-state index in [1.807, 2.05) is 19.1 Å². The molecule has 5 nitrogen and oxygen atoms in total. The van der Waals surface area contributed by atoms with E-state index in [0.29, 0.717) is 0 Å². The van der Waals surface area contributed by atoms with Crippen molar-refractivity contribution in [2.45, 2.75) is 13.2 Å². The lowest BCUT2D eigenvalue weighted by molar-refractivity contribution is 0.0679. The van der Waals surface area contributed by atoms with Gasteiger partial charge in [-0.25, -0.2) is 0 Å². The van der Waals surface area contributed by atoms with Crippen LogP contribution in [0.25, 0.3) is 11.0 Å². The van der Waals surface area contributed by atoms with Gasteiger partial charge < -0.3 is 9.47 Å². The first-order valence-electron chi connectivity index (χ1n) is 4.01. The number of nitrogens with zero attached hydrogens (tertiary/aromatic N) is 2. The van der Waals surface area contributed by atoms with Gasteiger partial charge in [-0.15, -0.1) is 0 Å². The highest BCUT2D eigenvalue weighted by molar-refractivity contribution is 5.78. The minimum atomic E-state index is -0.217. The van der Waals surface area contributed by atoms with Gasteiger partial charge >= 0.3 is 0 Å². The van der Waals surface area contributed by atoms with Gasteiger partial charge in [-0.05, 0) is 0 Å². The maximum Gasteiger partial charge on any atom is 0.238 e. The molecule has 1 N–H and O–H groups in total. The molecule has 0 fully saturated rings. The quantitative estimate of drug-likeness (QED) is 0.654. The molecule has 1 aliphatic heterocycles. The Bertz CT molecular complexity index is 425. The summed E-state index contributed by atoms with van der Waals surface area (Å²) in [6.07, 6.45) is -0.217. The molecule has 66 valence electrons. The second-order valence-corrected chi connectivity index (χ2v) is 2.91. The average molecular weight is 177 g/mol. The third-order valence-corrected chi connectivity index (χ3v) is 1.97. The summed E-state index contributed by atoms with van der Waals surface area (Å²) in [6, 6.07) is 3.63. The number of benzene rings is 1. The molecule has 2 aromatic rings. The Morgan fingerprint density at radius 1 is 1.15 bits per heavy atom. The van der Waals surface area contributed by atoms with Crippen molar-refractivity contribution in [1.82, 2.24) is 15.4 Å². The summed E-state index contributed by atoms with van der Waals surface area (Å²) in [5.41, 5.74) is 1.58. The molecule has 1 aromatic heterocycles. The molecule has 0 unspecified atom stereocenters. The second kappa shape index (κ2) is 2.12. The summed E-state index contributed by atoms with van der Waals surface area (Å²) < 4.78 is 10.8. The van der Waals surface area contributed by atoms with E-state index in [0.717, 1.165) is 22.5 Å². The number of aromatic nitrogens is 3. The lowest BCUT2D eigenvalue weighted by atomic mass is 10.3. The topological polar surface area (TPSA) is 60.0 Å². The molecule has 1 aliphatic rings. The van der Waals surface area contributed by atoms with Crippen molar-refractivity contribution in [2.24, 2.45) is 0 Å². The van der Waals surface area contributed by atoms with Crippen molar-refractivity contribution < 1.29 is 9.47 Å². The zero-order valence-electron chi connectivity index (χ0n) is 6.94. The van der Waals surface area contributed by atoms with Crippen LogP contribution in [0, 0.1) is 0 Å². The molecule has 1 aromatic carbocycles. The Hall–Kier alpha value is -1.78. The molecule has 0 amide bonds. The number of hydrogen-bond donors (Lipinski definition) is 1. The van der Waals surface area contributed by atoms with Gasteiger partial charge in [0.15, 0.2) is 11.5 Å². The third kappa shape index (κ3) is 0.867. The molecule has 0 saturated carbocycles. The Morgan fingerprint density at radius 3 is 2.23 bits per heavy atom. The summed E-state index contributed by atoms with van der Waals surface area (Å²) >= 11 is 0. The molecule has 0 bridgehead atoms. The number of H-pyrrole nitrogens is 1. The number of hydrogen-bond acceptors (Lipinski definition) is 4. The Labute approximate surface area is 73.6 Å². The predicted molar refractivity (Wildman–Crippen MR) is 44.6 cm³/mol. The fraction of sp³-hybridized carbons (Fsp3) is 0.250. The van der Waals surface area contributed by atoms with E-state index in [4.69, 9.17) is 9.47 Å². The lowest BCUT2D eigenvalue weighted by Gasteiger charge is -1.99. The fourth-order valence-corrected chi connectivity index (χ4v) is 1.42. The van der Waals surface area contributed by atoms with E-state index < -0.39 is 0 Å². The summed E-state index contributed by atoms with van der Waals surface area (Å²) in [6.45, 7) is 1.84. The van der Waals surface area contributed by atoms with Gasteiger partial charge in [0.2, 0.25) is 6.29 Å². The number of nitrogens with one attached hydrogen (secondary N) is 1. The maximum absolute atomic E-state index is 5.38. The van der Waals surface area contributed by atoms with Crippen molar-refractivity contribution in [3.05, 3.63) is 12.1 Å². The largest absolute Gasteiger partial charge is 0.451 e. The van der Waals surface area contributed by atoms with Gasteiger partial charge in [0.25, 0.3) is 0 Å². The van der Waals surface area contributed by atoms with Gasteiger partial charge in [-0.3, -0.25) is 0 Å². The molecule has 0 saturated heterocycles. The molecule has 13 heavy (non-hydrogen) atoms. The SMILES string of the molecule is CC1Oc2cc3n[nH]nc3cc2O1. The first-order valence-corrected chi connectivity index (χ1v) is 4.01. The van der Waals surface area contributed by atoms with E-state index in [1.165, 1.54) is 0 Å². The van der Waals surface area contributed by atoms with E-state index in [-0.39, 0.29) is 6.29 Å². The van der Waals surface area contributed by atoms with Crippen molar-refractivity contribution >= 4 is 11.0 Å². The maximum atomic E-state index is 5.38. The molecular formula is C8H7N3O2. The number of ether oxygens (including phenoxy) is 2. The van der Waals surface area contributed by atoms with Crippen molar-refractivity contribution in [3.63, 3.8) is 0 Å². The van der Waals surface area contributed by atoms with Crippen LogP contribution in [-0.2, 0) is 0 Å². The molecule has 2 heterocycles. The van der Waals surface area contributed by atoms with Crippen LogP contribution in [0.2, 0.25) is 0 Å². The molecule has 0 atom stereocenters. The van der Waals surface area contributed by atoms with Crippen LogP contribution < -0.4 is 9.47 Å². The number of aromatic amines is 1. The van der Waals surface area contributed by atoms with Crippen LogP contribution in [-0.4, -0.2) is 21.7 Å². The van der Waals surface area contributed by atoms with Crippen LogP contribution in [0.4, 0.5) is 0 Å². The fourth-order valence-electron chi connectivity index (χ4n) is 1.42. The lowest BCUT2D eigenvalue weighted by Crippen LogP contribution is -2.11. The predicted octanol–water partition coefficient (Wildman–Crippen LogP) is 1.08. The standard InChI is InChI=1S/C8H7N3O2/c1-4-12-7-2-5-6(10-11-9-5)3-8(7)13-4/h2-4H,1H3,(H,9,10,11). The highest BCUT2D eigenvalue weighted by Gasteiger charge is 2.21. The average Bonchev–Trinajstić information content (AvgIpc) is 2.63. The molecule has 0 spiro atoms. The number of fused-ring (bicyclic) bond motifs is 2. The summed E-state index contributed by atoms with van der Waals surface area (Å²) in [7, 11) is 0. The van der Waals surface area contributed by atoms with E-state index in [1.54, 1.807) is 0 Å². The van der Waals surface area contributed by atoms with Gasteiger partial charge in [-0.1, -0.05) is 0 Å². The van der Waals surface area contributed by atoms with Gasteiger partial charge in [0.05, 0.1) is 0 Å². The molecular weight excluding hydrogens is 170 g/mol. The highest BCUT2D eigenvalue weighted by Crippen LogP contribution is 2.36.